The zero-order valence-corrected chi connectivity index (χ0v) is 13.0. The number of amidine groups is 1. The monoisotopic (exact) mass is 279 g/mol. The number of hydrogen-bond acceptors (Lipinski definition) is 5. The Morgan fingerprint density at radius 3 is 2.60 bits per heavy atom. The second kappa shape index (κ2) is 7.09. The molecule has 6 heteroatoms. The maximum atomic E-state index is 8.82. The number of anilines is 1. The SMILES string of the molecule is CCN(c1cc(/C(N)=N/O)cc(C)n1)C(C)CN(C)C. The summed E-state index contributed by atoms with van der Waals surface area (Å²) < 4.78 is 0. The maximum Gasteiger partial charge on any atom is 0.170 e. The van der Waals surface area contributed by atoms with Crippen molar-refractivity contribution in [3.8, 4) is 0 Å². The Morgan fingerprint density at radius 1 is 1.45 bits per heavy atom. The van der Waals surface area contributed by atoms with E-state index in [1.807, 2.05) is 19.1 Å². The Morgan fingerprint density at radius 2 is 2.10 bits per heavy atom. The first-order chi connectivity index (χ1) is 9.38. The van der Waals surface area contributed by atoms with Crippen LogP contribution in [-0.4, -0.2) is 54.2 Å². The lowest BCUT2D eigenvalue weighted by molar-refractivity contribution is 0.318. The molecule has 3 N–H and O–H groups in total. The Bertz CT molecular complexity index is 473. The van der Waals surface area contributed by atoms with E-state index >= 15 is 0 Å². The number of likely N-dealkylation sites (N-methyl/N-ethyl adjacent to an activating group) is 2. The Balaban J connectivity index is 3.12. The first kappa shape index (κ1) is 16.2. The minimum Gasteiger partial charge on any atom is -0.409 e. The van der Waals surface area contributed by atoms with Crippen LogP contribution in [0.25, 0.3) is 0 Å². The van der Waals surface area contributed by atoms with E-state index in [0.717, 1.165) is 24.6 Å². The lowest BCUT2D eigenvalue weighted by atomic mass is 10.2. The minimum absolute atomic E-state index is 0.105. The Hall–Kier alpha value is -1.82. The van der Waals surface area contributed by atoms with Crippen molar-refractivity contribution in [3.63, 3.8) is 0 Å². The number of aromatic nitrogens is 1. The van der Waals surface area contributed by atoms with Gasteiger partial charge in [0.2, 0.25) is 0 Å². The fourth-order valence-corrected chi connectivity index (χ4v) is 2.33. The molecule has 0 aliphatic heterocycles. The molecule has 6 nitrogen and oxygen atoms in total. The molecule has 0 spiro atoms. The number of aryl methyl sites for hydroxylation is 1. The second-order valence-corrected chi connectivity index (χ2v) is 5.24. The lowest BCUT2D eigenvalue weighted by Crippen LogP contribution is -2.40. The summed E-state index contributed by atoms with van der Waals surface area (Å²) in [6.07, 6.45) is 0. The van der Waals surface area contributed by atoms with Crippen molar-refractivity contribution in [3.05, 3.63) is 23.4 Å². The summed E-state index contributed by atoms with van der Waals surface area (Å²) >= 11 is 0. The van der Waals surface area contributed by atoms with Crippen LogP contribution < -0.4 is 10.6 Å². The molecule has 0 aliphatic rings. The molecule has 0 aromatic carbocycles. The third-order valence-corrected chi connectivity index (χ3v) is 3.14. The third kappa shape index (κ3) is 4.09. The molecule has 0 saturated heterocycles. The number of rotatable bonds is 6. The molecule has 112 valence electrons. The predicted molar refractivity (Wildman–Crippen MR) is 82.5 cm³/mol. The summed E-state index contributed by atoms with van der Waals surface area (Å²) in [5.74, 6) is 0.955. The van der Waals surface area contributed by atoms with Gasteiger partial charge in [-0.1, -0.05) is 5.16 Å². The van der Waals surface area contributed by atoms with Gasteiger partial charge in [0.1, 0.15) is 5.82 Å². The highest BCUT2D eigenvalue weighted by atomic mass is 16.4. The Kier molecular flexibility index (Phi) is 5.76. The van der Waals surface area contributed by atoms with Gasteiger partial charge in [-0.15, -0.1) is 0 Å². The number of pyridine rings is 1. The van der Waals surface area contributed by atoms with Gasteiger partial charge in [-0.25, -0.2) is 4.98 Å². The average Bonchev–Trinajstić information content (AvgIpc) is 2.37. The van der Waals surface area contributed by atoms with Crippen molar-refractivity contribution < 1.29 is 5.21 Å². The van der Waals surface area contributed by atoms with Crippen molar-refractivity contribution in [1.82, 2.24) is 9.88 Å². The van der Waals surface area contributed by atoms with E-state index in [9.17, 15) is 0 Å². The van der Waals surface area contributed by atoms with Crippen LogP contribution in [0.4, 0.5) is 5.82 Å². The van der Waals surface area contributed by atoms with Gasteiger partial charge in [-0.3, -0.25) is 0 Å². The van der Waals surface area contributed by atoms with Gasteiger partial charge in [0.15, 0.2) is 5.84 Å². The highest BCUT2D eigenvalue weighted by Crippen LogP contribution is 2.17. The van der Waals surface area contributed by atoms with Gasteiger partial charge in [0.05, 0.1) is 0 Å². The van der Waals surface area contributed by atoms with Gasteiger partial charge >= 0.3 is 0 Å². The Labute approximate surface area is 120 Å². The number of oxime groups is 1. The van der Waals surface area contributed by atoms with E-state index < -0.39 is 0 Å². The van der Waals surface area contributed by atoms with Crippen LogP contribution in [0.15, 0.2) is 17.3 Å². The van der Waals surface area contributed by atoms with Crippen LogP contribution in [0.3, 0.4) is 0 Å². The first-order valence-electron chi connectivity index (χ1n) is 6.77. The maximum absolute atomic E-state index is 8.82. The highest BCUT2D eigenvalue weighted by molar-refractivity contribution is 5.97. The van der Waals surface area contributed by atoms with Crippen molar-refractivity contribution in [2.24, 2.45) is 10.9 Å². The van der Waals surface area contributed by atoms with Crippen LogP contribution in [0, 0.1) is 6.92 Å². The quantitative estimate of drug-likeness (QED) is 0.355. The highest BCUT2D eigenvalue weighted by Gasteiger charge is 2.16. The summed E-state index contributed by atoms with van der Waals surface area (Å²) in [6, 6.07) is 3.99. The van der Waals surface area contributed by atoms with Gasteiger partial charge < -0.3 is 20.7 Å². The topological polar surface area (TPSA) is 78.0 Å². The molecule has 0 saturated carbocycles. The van der Waals surface area contributed by atoms with E-state index in [4.69, 9.17) is 10.9 Å². The number of hydrogen-bond donors (Lipinski definition) is 2. The van der Waals surface area contributed by atoms with E-state index in [0.29, 0.717) is 11.6 Å². The zero-order valence-electron chi connectivity index (χ0n) is 13.0. The van der Waals surface area contributed by atoms with Crippen LogP contribution in [0.1, 0.15) is 25.1 Å². The lowest BCUT2D eigenvalue weighted by Gasteiger charge is -2.31. The van der Waals surface area contributed by atoms with Crippen molar-refractivity contribution >= 4 is 11.7 Å². The molecule has 0 radical (unpaired) electrons. The van der Waals surface area contributed by atoms with Gasteiger partial charge in [0.25, 0.3) is 0 Å². The standard InChI is InChI=1S/C14H25N5O/c1-6-19(11(3)9-18(4)5)13-8-12(14(15)17-20)7-10(2)16-13/h7-8,11,20H,6,9H2,1-5H3,(H2,15,17). The van der Waals surface area contributed by atoms with E-state index in [-0.39, 0.29) is 5.84 Å². The van der Waals surface area contributed by atoms with Crippen molar-refractivity contribution in [2.45, 2.75) is 26.8 Å². The largest absolute Gasteiger partial charge is 0.409 e. The molecule has 0 amide bonds. The number of nitrogens with two attached hydrogens (primary N) is 1. The van der Waals surface area contributed by atoms with Gasteiger partial charge in [-0.2, -0.15) is 0 Å². The van der Waals surface area contributed by atoms with E-state index in [1.54, 1.807) is 0 Å². The normalized spacial score (nSPS) is 13.6. The fourth-order valence-electron chi connectivity index (χ4n) is 2.33. The summed E-state index contributed by atoms with van der Waals surface area (Å²) in [6.45, 7) is 7.95. The predicted octanol–water partition coefficient (Wildman–Crippen LogP) is 1.26. The van der Waals surface area contributed by atoms with Crippen LogP contribution >= 0.6 is 0 Å². The summed E-state index contributed by atoms with van der Waals surface area (Å²) in [5.41, 5.74) is 7.21. The molecular formula is C14H25N5O. The van der Waals surface area contributed by atoms with Crippen LogP contribution in [0.2, 0.25) is 0 Å². The molecule has 1 aromatic rings. The first-order valence-corrected chi connectivity index (χ1v) is 6.77. The van der Waals surface area contributed by atoms with Gasteiger partial charge in [0, 0.05) is 30.4 Å². The molecule has 0 aliphatic carbocycles. The van der Waals surface area contributed by atoms with Crippen molar-refractivity contribution in [2.75, 3.05) is 32.1 Å². The molecule has 1 aromatic heterocycles. The molecule has 1 atom stereocenters. The van der Waals surface area contributed by atoms with Crippen LogP contribution in [0.5, 0.6) is 0 Å². The van der Waals surface area contributed by atoms with E-state index in [2.05, 4.69) is 47.9 Å². The molecule has 0 fully saturated rings. The average molecular weight is 279 g/mol. The van der Waals surface area contributed by atoms with Crippen molar-refractivity contribution in [1.29, 1.82) is 0 Å². The zero-order chi connectivity index (χ0) is 15.3. The molecule has 1 heterocycles. The summed E-state index contributed by atoms with van der Waals surface area (Å²) in [4.78, 5) is 8.92. The number of nitrogens with zero attached hydrogens (tertiary/aromatic N) is 4. The summed E-state index contributed by atoms with van der Waals surface area (Å²) in [5, 5.41) is 11.9. The second-order valence-electron chi connectivity index (χ2n) is 5.24. The molecule has 1 rings (SSSR count). The molecule has 0 bridgehead atoms. The molecule has 1 unspecified atom stereocenters. The third-order valence-electron chi connectivity index (χ3n) is 3.14. The van der Waals surface area contributed by atoms with Crippen LogP contribution in [-0.2, 0) is 0 Å². The summed E-state index contributed by atoms with van der Waals surface area (Å²) in [7, 11) is 4.10. The molecule has 20 heavy (non-hydrogen) atoms. The van der Waals surface area contributed by atoms with Gasteiger partial charge in [-0.05, 0) is 47.0 Å². The fraction of sp³-hybridized carbons (Fsp3) is 0.571. The smallest absolute Gasteiger partial charge is 0.170 e. The molecular weight excluding hydrogens is 254 g/mol. The van der Waals surface area contributed by atoms with E-state index in [1.165, 1.54) is 0 Å². The minimum atomic E-state index is 0.105.